The summed E-state index contributed by atoms with van der Waals surface area (Å²) in [6.45, 7) is 0. The molecule has 0 radical (unpaired) electrons. The standard InChI is InChI=1S/C13H17BrN4/c1-15-13(11-5-12(14)8-16-7-11)4-3-10-6-17-18(2)9-10/h5-9,13,15H,3-4H2,1-2H3. The average Bonchev–Trinajstić information content (AvgIpc) is 2.76. The van der Waals surface area contributed by atoms with Crippen molar-refractivity contribution < 1.29 is 0 Å². The van der Waals surface area contributed by atoms with Gasteiger partial charge in [0.1, 0.15) is 0 Å². The lowest BCUT2D eigenvalue weighted by Crippen LogP contribution is -2.17. The van der Waals surface area contributed by atoms with Crippen LogP contribution in [0.3, 0.4) is 0 Å². The van der Waals surface area contributed by atoms with Crippen LogP contribution in [0.1, 0.15) is 23.6 Å². The summed E-state index contributed by atoms with van der Waals surface area (Å²) in [7, 11) is 3.92. The second-order valence-electron chi connectivity index (χ2n) is 4.34. The molecule has 4 nitrogen and oxygen atoms in total. The van der Waals surface area contributed by atoms with Gasteiger partial charge in [0.05, 0.1) is 6.20 Å². The molecule has 0 saturated carbocycles. The summed E-state index contributed by atoms with van der Waals surface area (Å²) in [5.41, 5.74) is 2.47. The van der Waals surface area contributed by atoms with Gasteiger partial charge in [-0.3, -0.25) is 9.67 Å². The van der Waals surface area contributed by atoms with Crippen molar-refractivity contribution in [2.75, 3.05) is 7.05 Å². The van der Waals surface area contributed by atoms with Gasteiger partial charge in [-0.2, -0.15) is 5.10 Å². The minimum absolute atomic E-state index is 0.315. The van der Waals surface area contributed by atoms with E-state index >= 15 is 0 Å². The van der Waals surface area contributed by atoms with Crippen LogP contribution in [0.2, 0.25) is 0 Å². The number of aryl methyl sites for hydroxylation is 2. The highest BCUT2D eigenvalue weighted by Crippen LogP contribution is 2.20. The SMILES string of the molecule is CNC(CCc1cnn(C)c1)c1cncc(Br)c1. The van der Waals surface area contributed by atoms with Crippen molar-refractivity contribution in [2.45, 2.75) is 18.9 Å². The first-order valence-electron chi connectivity index (χ1n) is 5.94. The molecule has 1 unspecified atom stereocenters. The van der Waals surface area contributed by atoms with Crippen molar-refractivity contribution in [3.8, 4) is 0 Å². The van der Waals surface area contributed by atoms with Gasteiger partial charge in [0.2, 0.25) is 0 Å². The third-order valence-corrected chi connectivity index (χ3v) is 3.39. The summed E-state index contributed by atoms with van der Waals surface area (Å²) in [6.07, 6.45) is 9.73. The normalized spacial score (nSPS) is 12.6. The predicted molar refractivity (Wildman–Crippen MR) is 75.3 cm³/mol. The third kappa shape index (κ3) is 3.40. The van der Waals surface area contributed by atoms with Gasteiger partial charge < -0.3 is 5.32 Å². The zero-order valence-electron chi connectivity index (χ0n) is 10.6. The number of aromatic nitrogens is 3. The van der Waals surface area contributed by atoms with Crippen LogP contribution in [0, 0.1) is 0 Å². The molecular weight excluding hydrogens is 292 g/mol. The molecule has 2 rings (SSSR count). The highest BCUT2D eigenvalue weighted by Gasteiger charge is 2.10. The van der Waals surface area contributed by atoms with Crippen molar-refractivity contribution in [1.82, 2.24) is 20.1 Å². The molecule has 0 aliphatic rings. The van der Waals surface area contributed by atoms with Crippen LogP contribution in [-0.4, -0.2) is 21.8 Å². The van der Waals surface area contributed by atoms with E-state index in [9.17, 15) is 0 Å². The minimum atomic E-state index is 0.315. The molecule has 0 spiro atoms. The molecule has 2 aromatic heterocycles. The van der Waals surface area contributed by atoms with Crippen molar-refractivity contribution in [1.29, 1.82) is 0 Å². The second kappa shape index (κ2) is 6.11. The van der Waals surface area contributed by atoms with E-state index in [-0.39, 0.29) is 0 Å². The molecular formula is C13H17BrN4. The second-order valence-corrected chi connectivity index (χ2v) is 5.25. The van der Waals surface area contributed by atoms with Crippen LogP contribution in [0.15, 0.2) is 35.3 Å². The van der Waals surface area contributed by atoms with Crippen LogP contribution < -0.4 is 5.32 Å². The van der Waals surface area contributed by atoms with E-state index in [4.69, 9.17) is 0 Å². The van der Waals surface area contributed by atoms with Crippen molar-refractivity contribution >= 4 is 15.9 Å². The van der Waals surface area contributed by atoms with E-state index in [0.717, 1.165) is 17.3 Å². The number of rotatable bonds is 5. The molecule has 2 aromatic rings. The summed E-state index contributed by atoms with van der Waals surface area (Å²) >= 11 is 3.46. The Kier molecular flexibility index (Phi) is 4.49. The van der Waals surface area contributed by atoms with E-state index in [1.165, 1.54) is 11.1 Å². The molecule has 2 heterocycles. The Bertz CT molecular complexity index is 509. The largest absolute Gasteiger partial charge is 0.313 e. The first-order chi connectivity index (χ1) is 8.69. The van der Waals surface area contributed by atoms with Crippen LogP contribution in [0.4, 0.5) is 0 Å². The predicted octanol–water partition coefficient (Wildman–Crippen LogP) is 2.47. The first kappa shape index (κ1) is 13.2. The van der Waals surface area contributed by atoms with Gasteiger partial charge in [0, 0.05) is 36.2 Å². The molecule has 0 aliphatic heterocycles. The van der Waals surface area contributed by atoms with Crippen LogP contribution >= 0.6 is 15.9 Å². The van der Waals surface area contributed by atoms with E-state index in [1.54, 1.807) is 6.20 Å². The van der Waals surface area contributed by atoms with E-state index in [2.05, 4.69) is 43.6 Å². The summed E-state index contributed by atoms with van der Waals surface area (Å²) in [5.74, 6) is 0. The molecule has 5 heteroatoms. The topological polar surface area (TPSA) is 42.7 Å². The zero-order chi connectivity index (χ0) is 13.0. The fraction of sp³-hybridized carbons (Fsp3) is 0.385. The highest BCUT2D eigenvalue weighted by atomic mass is 79.9. The summed E-state index contributed by atoms with van der Waals surface area (Å²) in [4.78, 5) is 4.21. The zero-order valence-corrected chi connectivity index (χ0v) is 12.2. The van der Waals surface area contributed by atoms with Crippen molar-refractivity contribution in [3.05, 3.63) is 46.5 Å². The molecule has 0 bridgehead atoms. The van der Waals surface area contributed by atoms with E-state index < -0.39 is 0 Å². The first-order valence-corrected chi connectivity index (χ1v) is 6.73. The number of nitrogens with one attached hydrogen (secondary N) is 1. The Balaban J connectivity index is 2.01. The smallest absolute Gasteiger partial charge is 0.0521 e. The van der Waals surface area contributed by atoms with Gasteiger partial charge in [-0.15, -0.1) is 0 Å². The molecule has 1 N–H and O–H groups in total. The maximum atomic E-state index is 4.21. The lowest BCUT2D eigenvalue weighted by Gasteiger charge is -2.15. The lowest BCUT2D eigenvalue weighted by molar-refractivity contribution is 0.547. The molecule has 96 valence electrons. The number of hydrogen-bond donors (Lipinski definition) is 1. The molecule has 0 aromatic carbocycles. The Labute approximate surface area is 116 Å². The number of hydrogen-bond acceptors (Lipinski definition) is 3. The van der Waals surface area contributed by atoms with E-state index in [1.807, 2.05) is 31.2 Å². The van der Waals surface area contributed by atoms with Crippen molar-refractivity contribution in [2.24, 2.45) is 7.05 Å². The summed E-state index contributed by atoms with van der Waals surface area (Å²) in [6, 6.07) is 2.42. The highest BCUT2D eigenvalue weighted by molar-refractivity contribution is 9.10. The molecule has 18 heavy (non-hydrogen) atoms. The van der Waals surface area contributed by atoms with Gasteiger partial charge in [-0.1, -0.05) is 0 Å². The number of pyridine rings is 1. The number of nitrogens with zero attached hydrogens (tertiary/aromatic N) is 3. The fourth-order valence-corrected chi connectivity index (χ4v) is 2.39. The van der Waals surface area contributed by atoms with Crippen LogP contribution in [0.25, 0.3) is 0 Å². The van der Waals surface area contributed by atoms with Gasteiger partial charge in [0.25, 0.3) is 0 Å². The third-order valence-electron chi connectivity index (χ3n) is 2.96. The van der Waals surface area contributed by atoms with Crippen LogP contribution in [-0.2, 0) is 13.5 Å². The Morgan fingerprint density at radius 2 is 2.22 bits per heavy atom. The van der Waals surface area contributed by atoms with Gasteiger partial charge in [-0.25, -0.2) is 0 Å². The molecule has 0 aliphatic carbocycles. The molecule has 0 saturated heterocycles. The monoisotopic (exact) mass is 308 g/mol. The molecule has 0 fully saturated rings. The quantitative estimate of drug-likeness (QED) is 0.922. The van der Waals surface area contributed by atoms with Gasteiger partial charge in [-0.05, 0) is 53.0 Å². The minimum Gasteiger partial charge on any atom is -0.313 e. The van der Waals surface area contributed by atoms with Crippen molar-refractivity contribution in [3.63, 3.8) is 0 Å². The maximum absolute atomic E-state index is 4.21. The Morgan fingerprint density at radius 3 is 2.83 bits per heavy atom. The Hall–Kier alpha value is -1.20. The number of halogens is 1. The Morgan fingerprint density at radius 1 is 1.39 bits per heavy atom. The van der Waals surface area contributed by atoms with Gasteiger partial charge in [0.15, 0.2) is 0 Å². The lowest BCUT2D eigenvalue weighted by atomic mass is 10.0. The van der Waals surface area contributed by atoms with E-state index in [0.29, 0.717) is 6.04 Å². The summed E-state index contributed by atoms with van der Waals surface area (Å²) in [5, 5.41) is 7.52. The summed E-state index contributed by atoms with van der Waals surface area (Å²) < 4.78 is 2.85. The van der Waals surface area contributed by atoms with Gasteiger partial charge >= 0.3 is 0 Å². The maximum Gasteiger partial charge on any atom is 0.0521 e. The average molecular weight is 309 g/mol. The fourth-order valence-electron chi connectivity index (χ4n) is 2.01. The van der Waals surface area contributed by atoms with Crippen LogP contribution in [0.5, 0.6) is 0 Å². The molecule has 1 atom stereocenters. The molecule has 0 amide bonds.